The molecule has 0 aromatic heterocycles. The molecule has 0 saturated heterocycles. The Morgan fingerprint density at radius 1 is 1.18 bits per heavy atom. The highest BCUT2D eigenvalue weighted by Gasteiger charge is 2.10. The lowest BCUT2D eigenvalue weighted by atomic mass is 10.1. The van der Waals surface area contributed by atoms with Crippen LogP contribution in [-0.4, -0.2) is 11.9 Å². The molecule has 0 radical (unpaired) electrons. The van der Waals surface area contributed by atoms with Gasteiger partial charge in [0.2, 0.25) is 5.91 Å². The van der Waals surface area contributed by atoms with Gasteiger partial charge in [-0.3, -0.25) is 4.79 Å². The van der Waals surface area contributed by atoms with E-state index in [4.69, 9.17) is 5.26 Å². The molecule has 0 spiro atoms. The van der Waals surface area contributed by atoms with Gasteiger partial charge in [-0.25, -0.2) is 0 Å². The summed E-state index contributed by atoms with van der Waals surface area (Å²) in [7, 11) is 0. The molecule has 0 saturated carbocycles. The summed E-state index contributed by atoms with van der Waals surface area (Å²) in [6, 6.07) is 18.8. The van der Waals surface area contributed by atoms with E-state index >= 15 is 0 Å². The van der Waals surface area contributed by atoms with Crippen molar-refractivity contribution in [2.45, 2.75) is 12.5 Å². The van der Waals surface area contributed by atoms with Gasteiger partial charge < -0.3 is 5.32 Å². The van der Waals surface area contributed by atoms with E-state index in [1.165, 1.54) is 6.08 Å². The molecule has 0 aliphatic rings. The molecule has 0 aliphatic carbocycles. The van der Waals surface area contributed by atoms with Crippen molar-refractivity contribution in [3.05, 3.63) is 76.3 Å². The molecule has 1 N–H and O–H groups in total. The monoisotopic (exact) mass is 354 g/mol. The second-order valence-corrected chi connectivity index (χ2v) is 5.59. The molecular weight excluding hydrogens is 340 g/mol. The van der Waals surface area contributed by atoms with Gasteiger partial charge in [-0.05, 0) is 23.3 Å². The van der Waals surface area contributed by atoms with E-state index in [0.717, 1.165) is 15.6 Å². The quantitative estimate of drug-likeness (QED) is 0.832. The molecular formula is C18H15BrN2O. The van der Waals surface area contributed by atoms with Gasteiger partial charge in [0.25, 0.3) is 0 Å². The van der Waals surface area contributed by atoms with Crippen LogP contribution in [0.25, 0.3) is 6.08 Å². The third-order valence-corrected chi connectivity index (χ3v) is 3.80. The Labute approximate surface area is 138 Å². The van der Waals surface area contributed by atoms with Gasteiger partial charge >= 0.3 is 0 Å². The Bertz CT molecular complexity index is 705. The SMILES string of the molecule is N#C[C@@H](Cc1ccccc1)NC(=O)/C=C/c1ccccc1Br. The number of benzene rings is 2. The first-order chi connectivity index (χ1) is 10.7. The number of carbonyl (C=O) groups is 1. The maximum atomic E-state index is 11.9. The van der Waals surface area contributed by atoms with Crippen molar-refractivity contribution in [2.75, 3.05) is 0 Å². The highest BCUT2D eigenvalue weighted by molar-refractivity contribution is 9.10. The molecule has 1 atom stereocenters. The van der Waals surface area contributed by atoms with Crippen LogP contribution in [0, 0.1) is 11.3 Å². The van der Waals surface area contributed by atoms with Crippen LogP contribution in [0.3, 0.4) is 0 Å². The molecule has 22 heavy (non-hydrogen) atoms. The zero-order valence-electron chi connectivity index (χ0n) is 11.9. The first-order valence-corrected chi connectivity index (χ1v) is 7.65. The van der Waals surface area contributed by atoms with Crippen LogP contribution >= 0.6 is 15.9 Å². The number of carbonyl (C=O) groups excluding carboxylic acids is 1. The molecule has 2 aromatic rings. The highest BCUT2D eigenvalue weighted by atomic mass is 79.9. The summed E-state index contributed by atoms with van der Waals surface area (Å²) < 4.78 is 0.917. The predicted molar refractivity (Wildman–Crippen MR) is 90.9 cm³/mol. The van der Waals surface area contributed by atoms with Crippen molar-refractivity contribution in [2.24, 2.45) is 0 Å². The van der Waals surface area contributed by atoms with Crippen LogP contribution in [0.4, 0.5) is 0 Å². The number of halogens is 1. The lowest BCUT2D eigenvalue weighted by molar-refractivity contribution is -0.116. The number of nitrogens with zero attached hydrogens (tertiary/aromatic N) is 1. The maximum absolute atomic E-state index is 11.9. The van der Waals surface area contributed by atoms with E-state index in [0.29, 0.717) is 6.42 Å². The summed E-state index contributed by atoms with van der Waals surface area (Å²) in [5.41, 5.74) is 1.93. The number of hydrogen-bond acceptors (Lipinski definition) is 2. The normalized spacial score (nSPS) is 11.8. The van der Waals surface area contributed by atoms with E-state index in [1.54, 1.807) is 6.08 Å². The van der Waals surface area contributed by atoms with Gasteiger partial charge in [-0.15, -0.1) is 0 Å². The molecule has 0 bridgehead atoms. The zero-order chi connectivity index (χ0) is 15.8. The van der Waals surface area contributed by atoms with Crippen LogP contribution in [-0.2, 0) is 11.2 Å². The molecule has 0 heterocycles. The third-order valence-electron chi connectivity index (χ3n) is 3.07. The average Bonchev–Trinajstić information content (AvgIpc) is 2.54. The van der Waals surface area contributed by atoms with E-state index in [1.807, 2.05) is 54.6 Å². The van der Waals surface area contributed by atoms with Crippen molar-refractivity contribution in [3.8, 4) is 6.07 Å². The third kappa shape index (κ3) is 4.87. The maximum Gasteiger partial charge on any atom is 0.245 e. The fourth-order valence-corrected chi connectivity index (χ4v) is 2.39. The predicted octanol–water partition coefficient (Wildman–Crippen LogP) is 3.71. The first-order valence-electron chi connectivity index (χ1n) is 6.85. The lowest BCUT2D eigenvalue weighted by Crippen LogP contribution is -2.34. The Morgan fingerprint density at radius 3 is 2.55 bits per heavy atom. The largest absolute Gasteiger partial charge is 0.336 e. The van der Waals surface area contributed by atoms with E-state index in [-0.39, 0.29) is 5.91 Å². The summed E-state index contributed by atoms with van der Waals surface area (Å²) in [5, 5.41) is 11.9. The summed E-state index contributed by atoms with van der Waals surface area (Å²) >= 11 is 3.42. The standard InChI is InChI=1S/C18H15BrN2O/c19-17-9-5-4-8-15(17)10-11-18(22)21-16(13-20)12-14-6-2-1-3-7-14/h1-11,16H,12H2,(H,21,22)/b11-10+/t16-/m1/s1. The van der Waals surface area contributed by atoms with Crippen molar-refractivity contribution in [3.63, 3.8) is 0 Å². The minimum atomic E-state index is -0.543. The Hall–Kier alpha value is -2.38. The summed E-state index contributed by atoms with van der Waals surface area (Å²) in [6.07, 6.45) is 3.65. The average molecular weight is 355 g/mol. The van der Waals surface area contributed by atoms with Gasteiger partial charge in [0.05, 0.1) is 6.07 Å². The molecule has 110 valence electrons. The van der Waals surface area contributed by atoms with E-state index < -0.39 is 6.04 Å². The Morgan fingerprint density at radius 2 is 1.86 bits per heavy atom. The van der Waals surface area contributed by atoms with Crippen LogP contribution < -0.4 is 5.32 Å². The zero-order valence-corrected chi connectivity index (χ0v) is 13.5. The second kappa shape index (κ2) is 8.16. The molecule has 0 unspecified atom stereocenters. The van der Waals surface area contributed by atoms with Crippen LogP contribution in [0.15, 0.2) is 65.1 Å². The first kappa shape index (κ1) is 16.0. The molecule has 4 heteroatoms. The smallest absolute Gasteiger partial charge is 0.245 e. The summed E-state index contributed by atoms with van der Waals surface area (Å²) in [6.45, 7) is 0. The summed E-state index contributed by atoms with van der Waals surface area (Å²) in [5.74, 6) is -0.279. The number of nitrogens with one attached hydrogen (secondary N) is 1. The van der Waals surface area contributed by atoms with Gasteiger partial charge in [0.1, 0.15) is 6.04 Å². The van der Waals surface area contributed by atoms with Crippen LogP contribution in [0.1, 0.15) is 11.1 Å². The molecule has 0 aliphatic heterocycles. The Balaban J connectivity index is 1.95. The van der Waals surface area contributed by atoms with Crippen molar-refractivity contribution < 1.29 is 4.79 Å². The van der Waals surface area contributed by atoms with Gasteiger partial charge in [0.15, 0.2) is 0 Å². The fourth-order valence-electron chi connectivity index (χ4n) is 1.97. The molecule has 2 rings (SSSR count). The van der Waals surface area contributed by atoms with E-state index in [2.05, 4.69) is 27.3 Å². The van der Waals surface area contributed by atoms with Crippen LogP contribution in [0.2, 0.25) is 0 Å². The minimum absolute atomic E-state index is 0.279. The number of nitriles is 1. The lowest BCUT2D eigenvalue weighted by Gasteiger charge is -2.10. The van der Waals surface area contributed by atoms with Gasteiger partial charge in [-0.1, -0.05) is 64.5 Å². The molecule has 2 aromatic carbocycles. The van der Waals surface area contributed by atoms with Crippen molar-refractivity contribution in [1.29, 1.82) is 5.26 Å². The topological polar surface area (TPSA) is 52.9 Å². The van der Waals surface area contributed by atoms with Gasteiger partial charge in [-0.2, -0.15) is 5.26 Å². The van der Waals surface area contributed by atoms with Gasteiger partial charge in [0, 0.05) is 17.0 Å². The minimum Gasteiger partial charge on any atom is -0.336 e. The molecule has 3 nitrogen and oxygen atoms in total. The molecule has 0 fully saturated rings. The second-order valence-electron chi connectivity index (χ2n) is 4.73. The van der Waals surface area contributed by atoms with E-state index in [9.17, 15) is 4.79 Å². The number of hydrogen-bond donors (Lipinski definition) is 1. The number of rotatable bonds is 5. The van der Waals surface area contributed by atoms with Crippen LogP contribution in [0.5, 0.6) is 0 Å². The molecule has 1 amide bonds. The number of amides is 1. The Kier molecular flexibility index (Phi) is 5.93. The van der Waals surface area contributed by atoms with Crippen molar-refractivity contribution in [1.82, 2.24) is 5.32 Å². The fraction of sp³-hybridized carbons (Fsp3) is 0.111. The highest BCUT2D eigenvalue weighted by Crippen LogP contribution is 2.16. The summed E-state index contributed by atoms with van der Waals surface area (Å²) in [4.78, 5) is 11.9. The van der Waals surface area contributed by atoms with Crippen molar-refractivity contribution >= 4 is 27.9 Å².